The van der Waals surface area contributed by atoms with Crippen LogP contribution in [0.15, 0.2) is 12.1 Å². The quantitative estimate of drug-likeness (QED) is 0.775. The molecule has 0 aromatic heterocycles. The van der Waals surface area contributed by atoms with Crippen LogP contribution in [-0.2, 0) is 0 Å². The summed E-state index contributed by atoms with van der Waals surface area (Å²) in [6.07, 6.45) is 0.486. The molecule has 0 atom stereocenters. The zero-order valence-corrected chi connectivity index (χ0v) is 8.52. The van der Waals surface area contributed by atoms with E-state index in [0.717, 1.165) is 5.69 Å². The van der Waals surface area contributed by atoms with Gasteiger partial charge in [-0.25, -0.2) is 0 Å². The van der Waals surface area contributed by atoms with Crippen LogP contribution in [0.25, 0.3) is 0 Å². The van der Waals surface area contributed by atoms with Crippen molar-refractivity contribution in [1.82, 2.24) is 0 Å². The minimum atomic E-state index is 0.0719. The fourth-order valence-corrected chi connectivity index (χ4v) is 1.92. The highest BCUT2D eigenvalue weighted by atomic mass is 35.5. The topological polar surface area (TPSA) is 38.3 Å². The molecular formula is C10H10ClNO2. The van der Waals surface area contributed by atoms with Gasteiger partial charge in [0.15, 0.2) is 5.78 Å². The van der Waals surface area contributed by atoms with E-state index in [-0.39, 0.29) is 5.78 Å². The molecule has 0 amide bonds. The largest absolute Gasteiger partial charge is 0.495 e. The van der Waals surface area contributed by atoms with E-state index in [4.69, 9.17) is 16.3 Å². The maximum atomic E-state index is 11.6. The first-order valence-corrected chi connectivity index (χ1v) is 4.75. The Balaban J connectivity index is 2.60. The summed E-state index contributed by atoms with van der Waals surface area (Å²) >= 11 is 6.04. The highest BCUT2D eigenvalue weighted by Crippen LogP contribution is 2.35. The van der Waals surface area contributed by atoms with Gasteiger partial charge in [-0.15, -0.1) is 0 Å². The van der Waals surface area contributed by atoms with E-state index in [1.54, 1.807) is 6.07 Å². The van der Waals surface area contributed by atoms with Gasteiger partial charge in [0.1, 0.15) is 5.75 Å². The van der Waals surface area contributed by atoms with E-state index in [1.807, 2.05) is 6.07 Å². The lowest BCUT2D eigenvalue weighted by molar-refractivity contribution is 0.0983. The molecule has 1 aliphatic heterocycles. The second-order valence-corrected chi connectivity index (χ2v) is 3.48. The van der Waals surface area contributed by atoms with Crippen LogP contribution < -0.4 is 10.1 Å². The molecule has 0 radical (unpaired) electrons. The van der Waals surface area contributed by atoms with Crippen LogP contribution in [0.4, 0.5) is 5.69 Å². The predicted molar refractivity (Wildman–Crippen MR) is 55.4 cm³/mol. The van der Waals surface area contributed by atoms with Gasteiger partial charge in [-0.1, -0.05) is 11.6 Å². The maximum Gasteiger partial charge on any atom is 0.168 e. The average molecular weight is 212 g/mol. The number of ether oxygens (including phenoxy) is 1. The zero-order valence-electron chi connectivity index (χ0n) is 7.76. The summed E-state index contributed by atoms with van der Waals surface area (Å²) in [6.45, 7) is 0.675. The minimum absolute atomic E-state index is 0.0719. The summed E-state index contributed by atoms with van der Waals surface area (Å²) in [4.78, 5) is 11.6. The number of Topliss-reactive ketones (excluding diaryl/α,β-unsaturated/α-hetero) is 1. The molecule has 0 fully saturated rings. The van der Waals surface area contributed by atoms with E-state index in [2.05, 4.69) is 5.32 Å². The molecule has 2 rings (SSSR count). The van der Waals surface area contributed by atoms with Crippen LogP contribution in [-0.4, -0.2) is 19.4 Å². The highest BCUT2D eigenvalue weighted by molar-refractivity contribution is 6.36. The van der Waals surface area contributed by atoms with Crippen molar-refractivity contribution < 1.29 is 9.53 Å². The van der Waals surface area contributed by atoms with Crippen LogP contribution in [0.1, 0.15) is 16.8 Å². The number of nitrogens with one attached hydrogen (secondary N) is 1. The monoisotopic (exact) mass is 211 g/mol. The third-order valence-corrected chi connectivity index (χ3v) is 2.65. The number of fused-ring (bicyclic) bond motifs is 1. The van der Waals surface area contributed by atoms with Crippen molar-refractivity contribution in [2.75, 3.05) is 19.0 Å². The number of anilines is 1. The average Bonchev–Trinajstić information content (AvgIpc) is 2.18. The molecule has 4 heteroatoms. The zero-order chi connectivity index (χ0) is 10.1. The number of carbonyl (C=O) groups excluding carboxylic acids is 1. The first-order valence-electron chi connectivity index (χ1n) is 4.37. The standard InChI is InChI=1S/C10H10ClNO2/c1-14-8-3-2-6-9(10(8)11)7(13)4-5-12-6/h2-3,12H,4-5H2,1H3. The van der Waals surface area contributed by atoms with Gasteiger partial charge in [-0.3, -0.25) is 4.79 Å². The summed E-state index contributed by atoms with van der Waals surface area (Å²) in [5.41, 5.74) is 1.35. The lowest BCUT2D eigenvalue weighted by atomic mass is 10.0. The number of hydrogen-bond acceptors (Lipinski definition) is 3. The Morgan fingerprint density at radius 1 is 1.50 bits per heavy atom. The molecule has 14 heavy (non-hydrogen) atoms. The van der Waals surface area contributed by atoms with Gasteiger partial charge in [-0.05, 0) is 12.1 Å². The molecule has 74 valence electrons. The van der Waals surface area contributed by atoms with E-state index < -0.39 is 0 Å². The van der Waals surface area contributed by atoms with Crippen LogP contribution in [0.3, 0.4) is 0 Å². The van der Waals surface area contributed by atoms with Crippen molar-refractivity contribution in [2.45, 2.75) is 6.42 Å². The molecule has 1 aromatic carbocycles. The van der Waals surface area contributed by atoms with Gasteiger partial charge in [0.2, 0.25) is 0 Å². The normalized spacial score (nSPS) is 14.6. The van der Waals surface area contributed by atoms with Gasteiger partial charge >= 0.3 is 0 Å². The fraction of sp³-hybridized carbons (Fsp3) is 0.300. The third kappa shape index (κ3) is 1.34. The van der Waals surface area contributed by atoms with Crippen molar-refractivity contribution in [3.05, 3.63) is 22.7 Å². The molecule has 0 aliphatic carbocycles. The van der Waals surface area contributed by atoms with Crippen molar-refractivity contribution in [1.29, 1.82) is 0 Å². The molecule has 3 nitrogen and oxygen atoms in total. The fourth-order valence-electron chi connectivity index (χ4n) is 1.57. The molecule has 1 aliphatic rings. The van der Waals surface area contributed by atoms with Crippen molar-refractivity contribution in [2.24, 2.45) is 0 Å². The van der Waals surface area contributed by atoms with Gasteiger partial charge < -0.3 is 10.1 Å². The second kappa shape index (κ2) is 3.50. The van der Waals surface area contributed by atoms with Crippen molar-refractivity contribution in [3.63, 3.8) is 0 Å². The number of carbonyl (C=O) groups is 1. The minimum Gasteiger partial charge on any atom is -0.495 e. The lowest BCUT2D eigenvalue weighted by Gasteiger charge is -2.19. The molecule has 0 bridgehead atoms. The van der Waals surface area contributed by atoms with Gasteiger partial charge in [0, 0.05) is 18.7 Å². The number of ketones is 1. The summed E-state index contributed by atoms with van der Waals surface area (Å²) in [5.74, 6) is 0.616. The Morgan fingerprint density at radius 3 is 3.00 bits per heavy atom. The Hall–Kier alpha value is -1.22. The van der Waals surface area contributed by atoms with Gasteiger partial charge in [-0.2, -0.15) is 0 Å². The van der Waals surface area contributed by atoms with Gasteiger partial charge in [0.05, 0.1) is 17.7 Å². The predicted octanol–water partition coefficient (Wildman–Crippen LogP) is 2.35. The summed E-state index contributed by atoms with van der Waals surface area (Å²) in [6, 6.07) is 3.57. The molecule has 1 aromatic rings. The van der Waals surface area contributed by atoms with E-state index in [0.29, 0.717) is 29.3 Å². The third-order valence-electron chi connectivity index (χ3n) is 2.27. The first-order chi connectivity index (χ1) is 6.74. The molecular weight excluding hydrogens is 202 g/mol. The van der Waals surface area contributed by atoms with E-state index in [1.165, 1.54) is 7.11 Å². The van der Waals surface area contributed by atoms with E-state index in [9.17, 15) is 4.79 Å². The molecule has 1 heterocycles. The maximum absolute atomic E-state index is 11.6. The summed E-state index contributed by atoms with van der Waals surface area (Å²) in [7, 11) is 1.54. The Labute approximate surface area is 87.0 Å². The molecule has 1 N–H and O–H groups in total. The SMILES string of the molecule is COc1ccc2c(c1Cl)C(=O)CCN2. The van der Waals surface area contributed by atoms with Crippen LogP contribution in [0.5, 0.6) is 5.75 Å². The number of hydrogen-bond donors (Lipinski definition) is 1. The summed E-state index contributed by atoms with van der Waals surface area (Å²) in [5, 5.41) is 3.53. The number of halogens is 1. The van der Waals surface area contributed by atoms with Crippen LogP contribution in [0.2, 0.25) is 5.02 Å². The lowest BCUT2D eigenvalue weighted by Crippen LogP contribution is -2.18. The first kappa shape index (κ1) is 9.34. The Morgan fingerprint density at radius 2 is 2.29 bits per heavy atom. The van der Waals surface area contributed by atoms with Crippen molar-refractivity contribution >= 4 is 23.1 Å². The molecule has 0 saturated carbocycles. The molecule has 0 saturated heterocycles. The number of methoxy groups -OCH3 is 1. The number of benzene rings is 1. The van der Waals surface area contributed by atoms with Crippen LogP contribution in [0, 0.1) is 0 Å². The number of rotatable bonds is 1. The van der Waals surface area contributed by atoms with Crippen molar-refractivity contribution in [3.8, 4) is 5.75 Å². The summed E-state index contributed by atoms with van der Waals surface area (Å²) < 4.78 is 5.05. The van der Waals surface area contributed by atoms with E-state index >= 15 is 0 Å². The van der Waals surface area contributed by atoms with Gasteiger partial charge in [0.25, 0.3) is 0 Å². The molecule has 0 spiro atoms. The highest BCUT2D eigenvalue weighted by Gasteiger charge is 2.22. The second-order valence-electron chi connectivity index (χ2n) is 3.10. The smallest absolute Gasteiger partial charge is 0.168 e. The van der Waals surface area contributed by atoms with Crippen LogP contribution >= 0.6 is 11.6 Å². The Bertz CT molecular complexity index is 390. The Kier molecular flexibility index (Phi) is 2.33. The molecule has 0 unspecified atom stereocenters.